The third-order valence-electron chi connectivity index (χ3n) is 16.3. The topological polar surface area (TPSA) is 69.6 Å². The van der Waals surface area contributed by atoms with Crippen molar-refractivity contribution in [3.05, 3.63) is 41.5 Å². The van der Waals surface area contributed by atoms with Crippen molar-refractivity contribution in [1.82, 2.24) is 10.2 Å². The van der Waals surface area contributed by atoms with Crippen LogP contribution in [0.25, 0.3) is 5.57 Å². The van der Waals surface area contributed by atoms with E-state index in [0.29, 0.717) is 40.1 Å². The van der Waals surface area contributed by atoms with E-state index >= 15 is 0 Å². The van der Waals surface area contributed by atoms with Gasteiger partial charge in [-0.2, -0.15) is 0 Å². The summed E-state index contributed by atoms with van der Waals surface area (Å²) in [4.78, 5) is 26.4. The first kappa shape index (κ1) is 33.4. The van der Waals surface area contributed by atoms with E-state index in [1.807, 2.05) is 12.1 Å². The molecule has 6 aliphatic rings. The molecule has 0 bridgehead atoms. The van der Waals surface area contributed by atoms with Crippen molar-refractivity contribution >= 4 is 17.4 Å². The van der Waals surface area contributed by atoms with E-state index in [1.165, 1.54) is 88.2 Å². The van der Waals surface area contributed by atoms with Gasteiger partial charge in [0.05, 0.1) is 5.56 Å². The molecule has 0 radical (unpaired) electrons. The zero-order valence-electron chi connectivity index (χ0n) is 30.1. The maximum atomic E-state index is 12.8. The van der Waals surface area contributed by atoms with Crippen molar-refractivity contribution in [2.45, 2.75) is 125 Å². The standard InChI is InChI=1S/C42H62N2O3/c1-38(2)31(29-11-13-30(14-12-29)37(46)47)17-21-39(3)34(38)18-22-41(5)35(39)16-15-32-33-10-9-20-42(33,24-23-40(32,41)4)28-43-25-19-36(45)44-26-7-6-8-27-44/h11-14,17,32-35,43H,6-10,15-16,18-28H2,1-5H3,(H,46,47)/t32-,33?,34?,35?,39+,40-,41-,42-/m1/s1. The summed E-state index contributed by atoms with van der Waals surface area (Å²) in [6, 6.07) is 7.63. The molecule has 8 atom stereocenters. The number of piperidine rings is 1. The molecule has 1 amide bonds. The average Bonchev–Trinajstić information content (AvgIpc) is 3.48. The third kappa shape index (κ3) is 5.18. The summed E-state index contributed by atoms with van der Waals surface area (Å²) in [5.74, 6) is 2.48. The number of carboxylic acids is 1. The highest BCUT2D eigenvalue weighted by Gasteiger charge is 2.69. The van der Waals surface area contributed by atoms with E-state index in [0.717, 1.165) is 50.4 Å². The van der Waals surface area contributed by atoms with Crippen LogP contribution >= 0.6 is 0 Å². The Morgan fingerprint density at radius 2 is 1.55 bits per heavy atom. The van der Waals surface area contributed by atoms with Crippen molar-refractivity contribution in [2.75, 3.05) is 26.2 Å². The lowest BCUT2D eigenvalue weighted by Crippen LogP contribution is -2.65. The van der Waals surface area contributed by atoms with Gasteiger partial charge in [-0.3, -0.25) is 4.79 Å². The molecule has 1 saturated heterocycles. The largest absolute Gasteiger partial charge is 0.478 e. The number of carboxylic acid groups (broad SMARTS) is 1. The molecular weight excluding hydrogens is 580 g/mol. The Hall–Kier alpha value is -2.14. The second kappa shape index (κ2) is 12.0. The van der Waals surface area contributed by atoms with Crippen LogP contribution < -0.4 is 5.32 Å². The van der Waals surface area contributed by atoms with Gasteiger partial charge in [-0.05, 0) is 151 Å². The fourth-order valence-electron chi connectivity index (χ4n) is 13.7. The lowest BCUT2D eigenvalue weighted by molar-refractivity contribution is -0.222. The average molecular weight is 643 g/mol. The van der Waals surface area contributed by atoms with Crippen LogP contribution in [0, 0.1) is 50.7 Å². The van der Waals surface area contributed by atoms with Gasteiger partial charge in [-0.15, -0.1) is 0 Å². The molecule has 1 heterocycles. The fraction of sp³-hybridized carbons (Fsp3) is 0.762. The van der Waals surface area contributed by atoms with Gasteiger partial charge < -0.3 is 15.3 Å². The predicted octanol–water partition coefficient (Wildman–Crippen LogP) is 9.23. The van der Waals surface area contributed by atoms with Gasteiger partial charge in [0, 0.05) is 32.6 Å². The Kier molecular flexibility index (Phi) is 8.53. The summed E-state index contributed by atoms with van der Waals surface area (Å²) in [6.45, 7) is 16.9. The molecule has 5 heteroatoms. The molecule has 258 valence electrons. The highest BCUT2D eigenvalue weighted by atomic mass is 16.4. The number of carbonyl (C=O) groups is 2. The molecule has 5 nitrogen and oxygen atoms in total. The van der Waals surface area contributed by atoms with Gasteiger partial charge in [0.25, 0.3) is 0 Å². The molecule has 1 aromatic rings. The second-order valence-electron chi connectivity index (χ2n) is 18.3. The number of carbonyl (C=O) groups excluding carboxylic acids is 1. The molecule has 47 heavy (non-hydrogen) atoms. The number of amides is 1. The minimum Gasteiger partial charge on any atom is -0.478 e. The number of rotatable bonds is 7. The van der Waals surface area contributed by atoms with Crippen molar-refractivity contribution < 1.29 is 14.7 Å². The van der Waals surface area contributed by atoms with Crippen LogP contribution in [0.5, 0.6) is 0 Å². The van der Waals surface area contributed by atoms with Gasteiger partial charge in [0.15, 0.2) is 0 Å². The van der Waals surface area contributed by atoms with Gasteiger partial charge in [0.1, 0.15) is 0 Å². The summed E-state index contributed by atoms with van der Waals surface area (Å²) in [5, 5.41) is 13.3. The van der Waals surface area contributed by atoms with Crippen LogP contribution in [-0.2, 0) is 4.79 Å². The fourth-order valence-corrected chi connectivity index (χ4v) is 13.7. The first-order valence-electron chi connectivity index (χ1n) is 19.4. The highest BCUT2D eigenvalue weighted by molar-refractivity contribution is 5.88. The molecule has 5 fully saturated rings. The molecule has 1 aliphatic heterocycles. The normalized spacial score (nSPS) is 40.8. The van der Waals surface area contributed by atoms with Crippen molar-refractivity contribution in [2.24, 2.45) is 50.7 Å². The quantitative estimate of drug-likeness (QED) is 0.291. The van der Waals surface area contributed by atoms with E-state index in [1.54, 1.807) is 12.1 Å². The molecule has 3 unspecified atom stereocenters. The lowest BCUT2D eigenvalue weighted by atomic mass is 9.32. The number of hydrogen-bond donors (Lipinski definition) is 2. The molecule has 0 spiro atoms. The molecule has 5 aliphatic carbocycles. The van der Waals surface area contributed by atoms with Gasteiger partial charge in [0.2, 0.25) is 5.91 Å². The molecule has 7 rings (SSSR count). The smallest absolute Gasteiger partial charge is 0.335 e. The zero-order chi connectivity index (χ0) is 33.2. The Bertz CT molecular complexity index is 1390. The van der Waals surface area contributed by atoms with E-state index in [4.69, 9.17) is 0 Å². The number of fused-ring (bicyclic) bond motifs is 7. The van der Waals surface area contributed by atoms with Crippen LogP contribution in [0.1, 0.15) is 140 Å². The van der Waals surface area contributed by atoms with Gasteiger partial charge in [-0.1, -0.05) is 59.2 Å². The van der Waals surface area contributed by atoms with Crippen molar-refractivity contribution in [3.63, 3.8) is 0 Å². The van der Waals surface area contributed by atoms with Gasteiger partial charge in [-0.25, -0.2) is 4.79 Å². The lowest BCUT2D eigenvalue weighted by Gasteiger charge is -2.72. The predicted molar refractivity (Wildman–Crippen MR) is 190 cm³/mol. The number of benzene rings is 1. The Morgan fingerprint density at radius 1 is 0.809 bits per heavy atom. The van der Waals surface area contributed by atoms with E-state index in [-0.39, 0.29) is 10.8 Å². The monoisotopic (exact) mass is 642 g/mol. The SMILES string of the molecule is CC1(C)C(c2ccc(C(=O)O)cc2)=CC[C@@]2(C)C1CC[C@]1(C)C2CC[C@@H]2C3CCC[C@]3(CNCCC(=O)N3CCCCC3)CC[C@]21C. The molecular formula is C42H62N2O3. The summed E-state index contributed by atoms with van der Waals surface area (Å²) in [5.41, 5.74) is 4.46. The third-order valence-corrected chi connectivity index (χ3v) is 16.3. The maximum absolute atomic E-state index is 12.8. The van der Waals surface area contributed by atoms with Crippen LogP contribution in [0.3, 0.4) is 0 Å². The van der Waals surface area contributed by atoms with Crippen LogP contribution in [0.2, 0.25) is 0 Å². The number of hydrogen-bond acceptors (Lipinski definition) is 3. The Labute approximate surface area is 284 Å². The zero-order valence-corrected chi connectivity index (χ0v) is 30.1. The minimum atomic E-state index is -0.856. The van der Waals surface area contributed by atoms with E-state index in [2.05, 4.69) is 50.9 Å². The number of likely N-dealkylation sites (tertiary alicyclic amines) is 1. The Balaban J connectivity index is 1.07. The first-order valence-corrected chi connectivity index (χ1v) is 19.4. The summed E-state index contributed by atoms with van der Waals surface area (Å²) in [7, 11) is 0. The number of allylic oxidation sites excluding steroid dienone is 2. The minimum absolute atomic E-state index is 0.0467. The maximum Gasteiger partial charge on any atom is 0.335 e. The second-order valence-corrected chi connectivity index (χ2v) is 18.3. The van der Waals surface area contributed by atoms with Crippen molar-refractivity contribution in [1.29, 1.82) is 0 Å². The number of aromatic carboxylic acids is 1. The van der Waals surface area contributed by atoms with Crippen LogP contribution in [0.4, 0.5) is 0 Å². The molecule has 4 saturated carbocycles. The highest BCUT2D eigenvalue weighted by Crippen LogP contribution is 2.77. The van der Waals surface area contributed by atoms with Crippen LogP contribution in [-0.4, -0.2) is 48.1 Å². The Morgan fingerprint density at radius 3 is 2.28 bits per heavy atom. The van der Waals surface area contributed by atoms with Gasteiger partial charge >= 0.3 is 5.97 Å². The summed E-state index contributed by atoms with van der Waals surface area (Å²) in [6.07, 6.45) is 20.2. The van der Waals surface area contributed by atoms with Crippen LogP contribution in [0.15, 0.2) is 30.3 Å². The number of nitrogens with one attached hydrogen (secondary N) is 1. The molecule has 0 aromatic heterocycles. The van der Waals surface area contributed by atoms with Crippen molar-refractivity contribution in [3.8, 4) is 0 Å². The molecule has 2 N–H and O–H groups in total. The van der Waals surface area contributed by atoms with E-state index < -0.39 is 5.97 Å². The van der Waals surface area contributed by atoms with E-state index in [9.17, 15) is 14.7 Å². The number of nitrogens with zero attached hydrogens (tertiary/aromatic N) is 1. The summed E-state index contributed by atoms with van der Waals surface area (Å²) < 4.78 is 0. The summed E-state index contributed by atoms with van der Waals surface area (Å²) >= 11 is 0. The molecule has 1 aromatic carbocycles. The first-order chi connectivity index (χ1) is 22.4.